The number of carbonyl (C=O) groups is 2. The summed E-state index contributed by atoms with van der Waals surface area (Å²) < 4.78 is 11.5. The van der Waals surface area contributed by atoms with Crippen molar-refractivity contribution < 1.29 is 24.2 Å². The van der Waals surface area contributed by atoms with Crippen LogP contribution < -0.4 is 9.47 Å². The van der Waals surface area contributed by atoms with Gasteiger partial charge in [-0.1, -0.05) is 6.07 Å². The number of esters is 1. The van der Waals surface area contributed by atoms with Gasteiger partial charge in [0.05, 0.1) is 11.0 Å². The van der Waals surface area contributed by atoms with Crippen molar-refractivity contribution in [3.05, 3.63) is 23.3 Å². The van der Waals surface area contributed by atoms with Gasteiger partial charge >= 0.3 is 5.97 Å². The highest BCUT2D eigenvalue weighted by Gasteiger charge is 2.72. The van der Waals surface area contributed by atoms with Crippen LogP contribution in [0.4, 0.5) is 0 Å². The van der Waals surface area contributed by atoms with Crippen molar-refractivity contribution in [3.8, 4) is 11.5 Å². The third-order valence-electron chi connectivity index (χ3n) is 6.76. The molecule has 5 rings (SSSR count). The fraction of sp³-hybridized carbons (Fsp3) is 0.579. The van der Waals surface area contributed by atoms with E-state index in [0.29, 0.717) is 37.2 Å². The largest absolute Gasteiger partial charge is 0.477 e. The Balaban J connectivity index is 1.80. The molecule has 2 heterocycles. The smallest absolute Gasteiger partial charge is 0.308 e. The number of ketones is 1. The first-order valence-corrected chi connectivity index (χ1v) is 8.85. The van der Waals surface area contributed by atoms with Gasteiger partial charge in [-0.3, -0.25) is 9.59 Å². The first kappa shape index (κ1) is 15.3. The minimum absolute atomic E-state index is 0.0292. The number of piperidine rings is 1. The third-order valence-corrected chi connectivity index (χ3v) is 6.76. The van der Waals surface area contributed by atoms with E-state index in [1.54, 1.807) is 6.07 Å². The zero-order valence-electron chi connectivity index (χ0n) is 14.4. The summed E-state index contributed by atoms with van der Waals surface area (Å²) in [6, 6.07) is 3.67. The van der Waals surface area contributed by atoms with Crippen molar-refractivity contribution in [2.75, 3.05) is 13.6 Å². The highest BCUT2D eigenvalue weighted by Crippen LogP contribution is 2.64. The van der Waals surface area contributed by atoms with Crippen LogP contribution in [0.1, 0.15) is 37.3 Å². The van der Waals surface area contributed by atoms with Crippen LogP contribution in [0.2, 0.25) is 0 Å². The zero-order chi connectivity index (χ0) is 17.6. The van der Waals surface area contributed by atoms with E-state index in [2.05, 4.69) is 4.90 Å². The van der Waals surface area contributed by atoms with Crippen LogP contribution >= 0.6 is 0 Å². The molecule has 4 aliphatic rings. The van der Waals surface area contributed by atoms with Gasteiger partial charge in [-0.05, 0) is 44.5 Å². The highest BCUT2D eigenvalue weighted by atomic mass is 16.6. The Morgan fingerprint density at radius 2 is 2.20 bits per heavy atom. The summed E-state index contributed by atoms with van der Waals surface area (Å²) in [5, 5.41) is 11.8. The van der Waals surface area contributed by atoms with Gasteiger partial charge in [0.2, 0.25) is 0 Å². The molecule has 25 heavy (non-hydrogen) atoms. The van der Waals surface area contributed by atoms with Crippen LogP contribution in [0.5, 0.6) is 11.5 Å². The van der Waals surface area contributed by atoms with Crippen molar-refractivity contribution in [1.82, 2.24) is 4.90 Å². The molecule has 132 valence electrons. The Labute approximate surface area is 145 Å². The molecule has 6 heteroatoms. The molecule has 0 aromatic heterocycles. The van der Waals surface area contributed by atoms with Gasteiger partial charge in [0.25, 0.3) is 0 Å². The Morgan fingerprint density at radius 3 is 2.96 bits per heavy atom. The second kappa shape index (κ2) is 4.62. The Kier molecular flexibility index (Phi) is 2.84. The normalized spacial score (nSPS) is 38.1. The summed E-state index contributed by atoms with van der Waals surface area (Å²) in [6.45, 7) is 2.15. The molecular formula is C19H21NO5. The number of benzene rings is 1. The molecule has 2 bridgehead atoms. The van der Waals surface area contributed by atoms with Crippen LogP contribution in [-0.4, -0.2) is 53.1 Å². The Morgan fingerprint density at radius 1 is 1.40 bits per heavy atom. The number of nitrogens with zero attached hydrogens (tertiary/aromatic N) is 1. The van der Waals surface area contributed by atoms with Gasteiger partial charge in [-0.25, -0.2) is 0 Å². The molecule has 0 unspecified atom stereocenters. The predicted octanol–water partition coefficient (Wildman–Crippen LogP) is 0.965. The van der Waals surface area contributed by atoms with Crippen molar-refractivity contribution in [2.45, 2.75) is 55.8 Å². The summed E-state index contributed by atoms with van der Waals surface area (Å²) in [5.74, 6) is 0.438. The zero-order valence-corrected chi connectivity index (χ0v) is 14.4. The van der Waals surface area contributed by atoms with Crippen LogP contribution in [0.15, 0.2) is 12.1 Å². The van der Waals surface area contributed by atoms with Crippen molar-refractivity contribution in [1.29, 1.82) is 0 Å². The quantitative estimate of drug-likeness (QED) is 0.605. The van der Waals surface area contributed by atoms with Gasteiger partial charge in [0, 0.05) is 24.9 Å². The van der Waals surface area contributed by atoms with Gasteiger partial charge in [0.15, 0.2) is 23.4 Å². The Hall–Kier alpha value is -1.92. The van der Waals surface area contributed by atoms with Crippen molar-refractivity contribution in [3.63, 3.8) is 0 Å². The van der Waals surface area contributed by atoms with E-state index in [1.165, 1.54) is 6.92 Å². The molecular weight excluding hydrogens is 322 g/mol. The molecule has 2 aliphatic heterocycles. The van der Waals surface area contributed by atoms with Gasteiger partial charge in [-0.2, -0.15) is 0 Å². The average molecular weight is 343 g/mol. The molecule has 0 radical (unpaired) electrons. The van der Waals surface area contributed by atoms with E-state index in [0.717, 1.165) is 17.7 Å². The molecule has 1 N–H and O–H groups in total. The summed E-state index contributed by atoms with van der Waals surface area (Å²) in [6.07, 6.45) is 1.46. The van der Waals surface area contributed by atoms with Crippen molar-refractivity contribution >= 4 is 11.8 Å². The lowest BCUT2D eigenvalue weighted by atomic mass is 9.49. The number of hydrogen-bond donors (Lipinski definition) is 1. The van der Waals surface area contributed by atoms with Crippen LogP contribution in [0.25, 0.3) is 0 Å². The second-order valence-electron chi connectivity index (χ2n) is 7.83. The monoisotopic (exact) mass is 343 g/mol. The maximum absolute atomic E-state index is 12.7. The summed E-state index contributed by atoms with van der Waals surface area (Å²) in [5.41, 5.74) is 0.269. The lowest BCUT2D eigenvalue weighted by Crippen LogP contribution is -2.76. The predicted molar refractivity (Wildman–Crippen MR) is 87.8 cm³/mol. The molecule has 1 saturated carbocycles. The van der Waals surface area contributed by atoms with Gasteiger partial charge in [-0.15, -0.1) is 0 Å². The van der Waals surface area contributed by atoms with E-state index < -0.39 is 23.1 Å². The lowest BCUT2D eigenvalue weighted by molar-refractivity contribution is -0.185. The van der Waals surface area contributed by atoms with Crippen LogP contribution in [0.3, 0.4) is 0 Å². The molecule has 6 nitrogen and oxygen atoms in total. The first-order chi connectivity index (χ1) is 11.9. The second-order valence-corrected chi connectivity index (χ2v) is 7.83. The standard InChI is InChI=1S/C19H21NO5/c1-10(21)24-13-4-3-11-9-14-19(23)6-5-12(22)17-18(19,7-8-20(14)2)15(11)16(13)25-17/h3-4,14,17,23H,5-9H2,1-2H3/t14-,17+,18+,19-/m1/s1. The maximum atomic E-state index is 12.7. The fourth-order valence-corrected chi connectivity index (χ4v) is 5.76. The molecule has 1 aromatic carbocycles. The minimum atomic E-state index is -0.994. The SMILES string of the molecule is CC(=O)Oc1ccc2c3c1O[C@H]1C(=O)CC[C@@]4(O)[C@@H](C2)N(C)CC[C@]314. The highest BCUT2D eigenvalue weighted by molar-refractivity contribution is 5.90. The molecule has 2 aliphatic carbocycles. The number of hydrogen-bond acceptors (Lipinski definition) is 6. The fourth-order valence-electron chi connectivity index (χ4n) is 5.76. The molecule has 2 fully saturated rings. The topological polar surface area (TPSA) is 76.1 Å². The number of rotatable bonds is 1. The van der Waals surface area contributed by atoms with E-state index in [4.69, 9.17) is 9.47 Å². The number of aliphatic hydroxyl groups is 1. The summed E-state index contributed by atoms with van der Waals surface area (Å²) in [7, 11) is 2.04. The summed E-state index contributed by atoms with van der Waals surface area (Å²) >= 11 is 0. The third kappa shape index (κ3) is 1.62. The number of ether oxygens (including phenoxy) is 2. The average Bonchev–Trinajstić information content (AvgIpc) is 2.91. The Bertz CT molecular complexity index is 820. The maximum Gasteiger partial charge on any atom is 0.308 e. The number of carbonyl (C=O) groups excluding carboxylic acids is 2. The van der Waals surface area contributed by atoms with E-state index in [1.807, 2.05) is 13.1 Å². The summed E-state index contributed by atoms with van der Waals surface area (Å²) in [4.78, 5) is 26.4. The molecule has 0 amide bonds. The van der Waals surface area contributed by atoms with Gasteiger partial charge < -0.3 is 19.5 Å². The molecule has 1 spiro atoms. The number of Topliss-reactive ketones (excluding diaryl/α,β-unsaturated/α-hetero) is 1. The lowest BCUT2D eigenvalue weighted by Gasteiger charge is -2.61. The molecule has 1 saturated heterocycles. The van der Waals surface area contributed by atoms with E-state index >= 15 is 0 Å². The number of likely N-dealkylation sites (tertiary alicyclic amines) is 1. The molecule has 4 atom stereocenters. The van der Waals surface area contributed by atoms with E-state index in [9.17, 15) is 14.7 Å². The van der Waals surface area contributed by atoms with Crippen LogP contribution in [0, 0.1) is 0 Å². The minimum Gasteiger partial charge on any atom is -0.477 e. The van der Waals surface area contributed by atoms with E-state index in [-0.39, 0.29) is 11.8 Å². The van der Waals surface area contributed by atoms with Gasteiger partial charge in [0.1, 0.15) is 0 Å². The molecule has 1 aromatic rings. The first-order valence-electron chi connectivity index (χ1n) is 8.85. The number of likely N-dealkylation sites (N-methyl/N-ethyl adjacent to an activating group) is 1. The van der Waals surface area contributed by atoms with Crippen LogP contribution in [-0.2, 0) is 21.4 Å². The van der Waals surface area contributed by atoms with Crippen molar-refractivity contribution in [2.24, 2.45) is 0 Å².